The van der Waals surface area contributed by atoms with Crippen molar-refractivity contribution in [2.45, 2.75) is 18.9 Å². The van der Waals surface area contributed by atoms with E-state index >= 15 is 0 Å². The van der Waals surface area contributed by atoms with Gasteiger partial charge in [-0.15, -0.1) is 0 Å². The first-order chi connectivity index (χ1) is 8.54. The molecule has 2 rings (SSSR count). The van der Waals surface area contributed by atoms with Crippen LogP contribution in [0.3, 0.4) is 0 Å². The first-order valence-corrected chi connectivity index (χ1v) is 5.24. The summed E-state index contributed by atoms with van der Waals surface area (Å²) in [4.78, 5) is 21.4. The Kier molecular flexibility index (Phi) is 2.85. The molecule has 1 aromatic carbocycles. The van der Waals surface area contributed by atoms with Crippen molar-refractivity contribution in [2.24, 2.45) is 0 Å². The van der Waals surface area contributed by atoms with Crippen LogP contribution in [0.1, 0.15) is 30.0 Å². The van der Waals surface area contributed by atoms with Gasteiger partial charge in [-0.05, 0) is 12.5 Å². The zero-order valence-corrected chi connectivity index (χ0v) is 9.21. The van der Waals surface area contributed by atoms with E-state index in [1.807, 2.05) is 0 Å². The minimum atomic E-state index is -0.638. The van der Waals surface area contributed by atoms with Crippen molar-refractivity contribution >= 4 is 11.6 Å². The Balaban J connectivity index is 2.58. The van der Waals surface area contributed by atoms with Gasteiger partial charge in [0.05, 0.1) is 22.1 Å². The highest BCUT2D eigenvalue weighted by Crippen LogP contribution is 2.39. The van der Waals surface area contributed by atoms with Gasteiger partial charge in [0.15, 0.2) is 0 Å². The average molecular weight is 247 g/mol. The molecule has 0 aromatic heterocycles. The molecule has 1 amide bonds. The maximum atomic E-state index is 11.1. The second-order valence-corrected chi connectivity index (χ2v) is 3.92. The topological polar surface area (TPSA) is 116 Å². The predicted molar refractivity (Wildman–Crippen MR) is 59.6 cm³/mol. The first-order valence-electron chi connectivity index (χ1n) is 5.24. The molecule has 1 aromatic rings. The predicted octanol–water partition coefficient (Wildman–Crippen LogP) is 1.12. The van der Waals surface area contributed by atoms with Crippen molar-refractivity contribution in [2.75, 3.05) is 0 Å². The Labute approximate surface area is 102 Å². The summed E-state index contributed by atoms with van der Waals surface area (Å²) in [5.74, 6) is -0.657. The molecule has 0 spiro atoms. The van der Waals surface area contributed by atoms with Crippen LogP contribution in [0.5, 0.6) is 5.75 Å². The minimum absolute atomic E-state index is 0.00454. The molecule has 92 valence electrons. The first kappa shape index (κ1) is 11.9. The highest BCUT2D eigenvalue weighted by Gasteiger charge is 2.32. The maximum Gasteiger partial charge on any atom is 0.278 e. The summed E-state index contributed by atoms with van der Waals surface area (Å²) >= 11 is 0. The molecule has 0 unspecified atom stereocenters. The molecule has 1 atom stereocenters. The van der Waals surface area contributed by atoms with Crippen LogP contribution in [0, 0.1) is 21.4 Å². The number of benzene rings is 1. The van der Waals surface area contributed by atoms with Gasteiger partial charge < -0.3 is 10.4 Å². The second kappa shape index (κ2) is 4.33. The lowest BCUT2D eigenvalue weighted by Gasteiger charge is -2.13. The fraction of sp³-hybridized carbons (Fsp3) is 0.273. The summed E-state index contributed by atoms with van der Waals surface area (Å²) in [5, 5.41) is 32.1. The minimum Gasteiger partial charge on any atom is -0.506 e. The van der Waals surface area contributed by atoms with E-state index in [9.17, 15) is 20.0 Å². The highest BCUT2D eigenvalue weighted by molar-refractivity contribution is 5.79. The van der Waals surface area contributed by atoms with E-state index in [-0.39, 0.29) is 29.1 Å². The lowest BCUT2D eigenvalue weighted by molar-refractivity contribution is -0.385. The highest BCUT2D eigenvalue weighted by atomic mass is 16.6. The molecule has 0 radical (unpaired) electrons. The number of hydrogen-bond donors (Lipinski definition) is 2. The van der Waals surface area contributed by atoms with E-state index in [4.69, 9.17) is 5.26 Å². The third-order valence-electron chi connectivity index (χ3n) is 2.85. The fourth-order valence-corrected chi connectivity index (χ4v) is 2.02. The normalized spacial score (nSPS) is 18.2. The van der Waals surface area contributed by atoms with Crippen molar-refractivity contribution in [1.82, 2.24) is 5.32 Å². The van der Waals surface area contributed by atoms with E-state index in [0.29, 0.717) is 6.42 Å². The molecule has 1 aliphatic rings. The number of nitrogens with one attached hydrogen (secondary N) is 1. The summed E-state index contributed by atoms with van der Waals surface area (Å²) in [6.07, 6.45) is 0.611. The third kappa shape index (κ3) is 1.84. The number of rotatable bonds is 2. The number of nitro benzene ring substituents is 1. The van der Waals surface area contributed by atoms with Crippen LogP contribution in [0.15, 0.2) is 12.1 Å². The number of nitrogens with zero attached hydrogens (tertiary/aromatic N) is 2. The summed E-state index contributed by atoms with van der Waals surface area (Å²) in [5.41, 5.74) is -0.333. The molecule has 7 heteroatoms. The lowest BCUT2D eigenvalue weighted by Crippen LogP contribution is -2.19. The zero-order chi connectivity index (χ0) is 13.3. The Morgan fingerprint density at radius 3 is 2.78 bits per heavy atom. The molecule has 1 saturated heterocycles. The van der Waals surface area contributed by atoms with Gasteiger partial charge in [0, 0.05) is 12.5 Å². The van der Waals surface area contributed by atoms with Gasteiger partial charge in [-0.25, -0.2) is 0 Å². The van der Waals surface area contributed by atoms with Crippen LogP contribution in [0.2, 0.25) is 0 Å². The monoisotopic (exact) mass is 247 g/mol. The summed E-state index contributed by atoms with van der Waals surface area (Å²) in [7, 11) is 0. The van der Waals surface area contributed by atoms with Crippen LogP contribution in [0.4, 0.5) is 5.69 Å². The number of phenols is 1. The standard InChI is InChI=1S/C11H9N3O4/c12-5-6-1-3-8(14(17)18)10(11(6)16)7-2-4-9(15)13-7/h1,3,7,16H,2,4H2,(H,13,15)/t7-/m1/s1. The molecule has 1 heterocycles. The van der Waals surface area contributed by atoms with Gasteiger partial charge in [0.2, 0.25) is 5.91 Å². The van der Waals surface area contributed by atoms with E-state index in [1.54, 1.807) is 6.07 Å². The average Bonchev–Trinajstić information content (AvgIpc) is 2.74. The van der Waals surface area contributed by atoms with Crippen molar-refractivity contribution in [3.05, 3.63) is 33.4 Å². The van der Waals surface area contributed by atoms with Crippen LogP contribution in [0.25, 0.3) is 0 Å². The number of phenolic OH excluding ortho intramolecular Hbond substituents is 1. The summed E-state index contributed by atoms with van der Waals surface area (Å²) in [6.45, 7) is 0. The largest absolute Gasteiger partial charge is 0.506 e. The van der Waals surface area contributed by atoms with Crippen molar-refractivity contribution in [3.8, 4) is 11.8 Å². The molecule has 0 bridgehead atoms. The molecule has 1 aliphatic heterocycles. The van der Waals surface area contributed by atoms with Crippen LogP contribution < -0.4 is 5.32 Å². The van der Waals surface area contributed by atoms with Crippen LogP contribution >= 0.6 is 0 Å². The third-order valence-corrected chi connectivity index (χ3v) is 2.85. The zero-order valence-electron chi connectivity index (χ0n) is 9.21. The number of aromatic hydroxyl groups is 1. The Bertz CT molecular complexity index is 576. The number of carbonyl (C=O) groups excluding carboxylic acids is 1. The maximum absolute atomic E-state index is 11.1. The number of nitriles is 1. The molecule has 0 saturated carbocycles. The molecular formula is C11H9N3O4. The van der Waals surface area contributed by atoms with Crippen LogP contribution in [-0.2, 0) is 4.79 Å². The van der Waals surface area contributed by atoms with E-state index in [0.717, 1.165) is 6.07 Å². The number of amides is 1. The van der Waals surface area contributed by atoms with Crippen molar-refractivity contribution in [1.29, 1.82) is 5.26 Å². The Hall–Kier alpha value is -2.62. The SMILES string of the molecule is N#Cc1ccc([N+](=O)[O-])c([C@H]2CCC(=O)N2)c1O. The van der Waals surface area contributed by atoms with Gasteiger partial charge in [-0.2, -0.15) is 5.26 Å². The summed E-state index contributed by atoms with van der Waals surface area (Å²) in [6, 6.07) is 3.48. The van der Waals surface area contributed by atoms with Crippen molar-refractivity contribution < 1.29 is 14.8 Å². The van der Waals surface area contributed by atoms with Gasteiger partial charge in [-0.1, -0.05) is 0 Å². The molecule has 0 aliphatic carbocycles. The van der Waals surface area contributed by atoms with E-state index in [2.05, 4.69) is 5.32 Å². The number of carbonyl (C=O) groups is 1. The lowest BCUT2D eigenvalue weighted by atomic mass is 9.99. The number of nitro groups is 1. The van der Waals surface area contributed by atoms with E-state index < -0.39 is 16.7 Å². The van der Waals surface area contributed by atoms with Gasteiger partial charge in [0.25, 0.3) is 5.69 Å². The van der Waals surface area contributed by atoms with Crippen LogP contribution in [-0.4, -0.2) is 15.9 Å². The smallest absolute Gasteiger partial charge is 0.278 e. The molecule has 7 nitrogen and oxygen atoms in total. The Morgan fingerprint density at radius 1 is 1.56 bits per heavy atom. The Morgan fingerprint density at radius 2 is 2.28 bits per heavy atom. The van der Waals surface area contributed by atoms with E-state index in [1.165, 1.54) is 6.07 Å². The fourth-order valence-electron chi connectivity index (χ4n) is 2.02. The quantitative estimate of drug-likeness (QED) is 0.600. The van der Waals surface area contributed by atoms with Crippen molar-refractivity contribution in [3.63, 3.8) is 0 Å². The van der Waals surface area contributed by atoms with Gasteiger partial charge in [0.1, 0.15) is 11.8 Å². The van der Waals surface area contributed by atoms with Gasteiger partial charge in [-0.3, -0.25) is 14.9 Å². The summed E-state index contributed by atoms with van der Waals surface area (Å²) < 4.78 is 0. The number of hydrogen-bond acceptors (Lipinski definition) is 5. The molecular weight excluding hydrogens is 238 g/mol. The molecule has 1 fully saturated rings. The second-order valence-electron chi connectivity index (χ2n) is 3.92. The van der Waals surface area contributed by atoms with Gasteiger partial charge >= 0.3 is 0 Å². The molecule has 18 heavy (non-hydrogen) atoms. The molecule has 2 N–H and O–H groups in total.